The third kappa shape index (κ3) is 4.63. The summed E-state index contributed by atoms with van der Waals surface area (Å²) in [7, 11) is 0. The molecule has 0 unspecified atom stereocenters. The minimum atomic E-state index is 0.162. The van der Waals surface area contributed by atoms with Gasteiger partial charge in [-0.15, -0.1) is 10.2 Å². The normalized spacial score (nSPS) is 11.6. The van der Waals surface area contributed by atoms with Gasteiger partial charge in [-0.3, -0.25) is 0 Å². The maximum Gasteiger partial charge on any atom is 0.210 e. The van der Waals surface area contributed by atoms with Crippen molar-refractivity contribution in [2.75, 3.05) is 12.4 Å². The second kappa shape index (κ2) is 8.05. The van der Waals surface area contributed by atoms with Gasteiger partial charge in [-0.05, 0) is 47.7 Å². The van der Waals surface area contributed by atoms with E-state index in [1.54, 1.807) is 16.4 Å². The largest absolute Gasteiger partial charge is 0.494 e. The van der Waals surface area contributed by atoms with Crippen molar-refractivity contribution in [1.29, 1.82) is 0 Å². The van der Waals surface area contributed by atoms with Gasteiger partial charge in [-0.1, -0.05) is 56.8 Å². The maximum atomic E-state index is 6.22. The van der Waals surface area contributed by atoms with Crippen LogP contribution in [0.5, 0.6) is 5.75 Å². The summed E-state index contributed by atoms with van der Waals surface area (Å²) in [5.74, 6) is 8.49. The number of benzene rings is 2. The Morgan fingerprint density at radius 1 is 1.00 bits per heavy atom. The van der Waals surface area contributed by atoms with Crippen LogP contribution in [0.1, 0.15) is 38.8 Å². The van der Waals surface area contributed by atoms with Crippen molar-refractivity contribution < 1.29 is 4.74 Å². The van der Waals surface area contributed by atoms with Crippen LogP contribution in [-0.4, -0.2) is 21.5 Å². The highest BCUT2D eigenvalue weighted by molar-refractivity contribution is 7.98. The lowest BCUT2D eigenvalue weighted by Crippen LogP contribution is -2.11. The molecule has 2 N–H and O–H groups in total. The van der Waals surface area contributed by atoms with Gasteiger partial charge in [0.1, 0.15) is 5.75 Å². The summed E-state index contributed by atoms with van der Waals surface area (Å²) < 4.78 is 7.02. The third-order valence-corrected chi connectivity index (χ3v) is 5.29. The van der Waals surface area contributed by atoms with Gasteiger partial charge >= 0.3 is 0 Å². The van der Waals surface area contributed by atoms with Crippen LogP contribution in [-0.2, 0) is 11.2 Å². The fourth-order valence-corrected chi connectivity index (χ4v) is 3.50. The molecule has 0 aliphatic rings. The molecule has 142 valence electrons. The van der Waals surface area contributed by atoms with E-state index in [2.05, 4.69) is 55.2 Å². The molecule has 0 atom stereocenters. The standard InChI is InChI=1S/C21H26N4OS/c1-5-26-18-12-8-16(9-13-18)19-23-24-20(25(19)22)27-14-15-6-10-17(11-7-15)21(2,3)4/h6-13H,5,14,22H2,1-4H3. The average molecular weight is 383 g/mol. The Balaban J connectivity index is 1.68. The molecule has 6 heteroatoms. The van der Waals surface area contributed by atoms with Gasteiger partial charge < -0.3 is 10.6 Å². The minimum absolute atomic E-state index is 0.162. The number of nitrogens with two attached hydrogens (primary N) is 1. The Labute approximate surface area is 164 Å². The van der Waals surface area contributed by atoms with Gasteiger partial charge in [0, 0.05) is 11.3 Å². The zero-order valence-corrected chi connectivity index (χ0v) is 17.1. The van der Waals surface area contributed by atoms with Crippen LogP contribution < -0.4 is 10.6 Å². The molecule has 0 radical (unpaired) electrons. The Bertz CT molecular complexity index is 880. The SMILES string of the molecule is CCOc1ccc(-c2nnc(SCc3ccc(C(C)(C)C)cc3)n2N)cc1. The van der Waals surface area contributed by atoms with Gasteiger partial charge in [0.25, 0.3) is 0 Å². The Hall–Kier alpha value is -2.47. The van der Waals surface area contributed by atoms with Crippen molar-refractivity contribution in [2.24, 2.45) is 0 Å². The van der Waals surface area contributed by atoms with Crippen molar-refractivity contribution in [1.82, 2.24) is 14.9 Å². The molecule has 0 aliphatic carbocycles. The van der Waals surface area contributed by atoms with E-state index in [-0.39, 0.29) is 5.41 Å². The molecule has 0 bridgehead atoms. The second-order valence-corrected chi connectivity index (χ2v) is 8.31. The fraction of sp³-hybridized carbons (Fsp3) is 0.333. The highest BCUT2D eigenvalue weighted by atomic mass is 32.2. The predicted molar refractivity (Wildman–Crippen MR) is 111 cm³/mol. The topological polar surface area (TPSA) is 66.0 Å². The summed E-state index contributed by atoms with van der Waals surface area (Å²) >= 11 is 1.58. The number of ether oxygens (including phenoxy) is 1. The van der Waals surface area contributed by atoms with Gasteiger partial charge in [0.15, 0.2) is 5.82 Å². The molecule has 0 saturated heterocycles. The lowest BCUT2D eigenvalue weighted by atomic mass is 9.87. The molecule has 3 rings (SSSR count). The first-order valence-electron chi connectivity index (χ1n) is 9.04. The Morgan fingerprint density at radius 3 is 2.26 bits per heavy atom. The first-order chi connectivity index (χ1) is 12.9. The third-order valence-electron chi connectivity index (χ3n) is 4.28. The number of nitrogen functional groups attached to an aromatic ring is 1. The van der Waals surface area contributed by atoms with Crippen molar-refractivity contribution >= 4 is 11.8 Å². The van der Waals surface area contributed by atoms with E-state index >= 15 is 0 Å². The first kappa shape index (κ1) is 19.3. The molecule has 1 aromatic heterocycles. The summed E-state index contributed by atoms with van der Waals surface area (Å²) in [6.07, 6.45) is 0. The number of nitrogens with zero attached hydrogens (tertiary/aromatic N) is 3. The molecule has 2 aromatic carbocycles. The second-order valence-electron chi connectivity index (χ2n) is 7.37. The van der Waals surface area contributed by atoms with E-state index < -0.39 is 0 Å². The molecule has 1 heterocycles. The summed E-state index contributed by atoms with van der Waals surface area (Å²) in [4.78, 5) is 0. The van der Waals surface area contributed by atoms with Crippen molar-refractivity contribution in [3.05, 3.63) is 59.7 Å². The molecule has 0 spiro atoms. The molecule has 3 aromatic rings. The molecule has 27 heavy (non-hydrogen) atoms. The predicted octanol–water partition coefficient (Wildman–Crippen LogP) is 4.65. The Morgan fingerprint density at radius 2 is 1.67 bits per heavy atom. The summed E-state index contributed by atoms with van der Waals surface area (Å²) in [6, 6.07) is 16.4. The van der Waals surface area contributed by atoms with Crippen LogP contribution >= 0.6 is 11.8 Å². The monoisotopic (exact) mass is 382 g/mol. The lowest BCUT2D eigenvalue weighted by Gasteiger charge is -2.19. The molecule has 5 nitrogen and oxygen atoms in total. The van der Waals surface area contributed by atoms with Crippen LogP contribution in [0.15, 0.2) is 53.7 Å². The smallest absolute Gasteiger partial charge is 0.210 e. The molecule has 0 fully saturated rings. The quantitative estimate of drug-likeness (QED) is 0.497. The van der Waals surface area contributed by atoms with E-state index in [0.29, 0.717) is 17.6 Å². The van der Waals surface area contributed by atoms with E-state index in [1.807, 2.05) is 31.2 Å². The first-order valence-corrected chi connectivity index (χ1v) is 10.0. The lowest BCUT2D eigenvalue weighted by molar-refractivity contribution is 0.340. The summed E-state index contributed by atoms with van der Waals surface area (Å²) in [5, 5.41) is 9.18. The van der Waals surface area contributed by atoms with Crippen LogP contribution in [0.4, 0.5) is 0 Å². The van der Waals surface area contributed by atoms with E-state index in [9.17, 15) is 0 Å². The van der Waals surface area contributed by atoms with Crippen molar-refractivity contribution in [3.8, 4) is 17.1 Å². The van der Waals surface area contributed by atoms with Gasteiger partial charge in [0.2, 0.25) is 5.16 Å². The number of hydrogen-bond acceptors (Lipinski definition) is 5. The van der Waals surface area contributed by atoms with Crippen LogP contribution in [0.3, 0.4) is 0 Å². The Kier molecular flexibility index (Phi) is 5.75. The summed E-state index contributed by atoms with van der Waals surface area (Å²) in [6.45, 7) is 9.26. The number of hydrogen-bond donors (Lipinski definition) is 1. The molecular formula is C21H26N4OS. The molecule has 0 aliphatic heterocycles. The van der Waals surface area contributed by atoms with E-state index in [1.165, 1.54) is 11.1 Å². The van der Waals surface area contributed by atoms with Gasteiger partial charge in [0.05, 0.1) is 6.61 Å². The van der Waals surface area contributed by atoms with E-state index in [0.717, 1.165) is 17.1 Å². The highest BCUT2D eigenvalue weighted by Crippen LogP contribution is 2.27. The molecule has 0 amide bonds. The maximum absolute atomic E-state index is 6.22. The zero-order chi connectivity index (χ0) is 19.4. The highest BCUT2D eigenvalue weighted by Gasteiger charge is 2.14. The van der Waals surface area contributed by atoms with Crippen LogP contribution in [0.2, 0.25) is 0 Å². The number of rotatable bonds is 6. The number of thioether (sulfide) groups is 1. The molecule has 0 saturated carbocycles. The van der Waals surface area contributed by atoms with Crippen LogP contribution in [0.25, 0.3) is 11.4 Å². The van der Waals surface area contributed by atoms with Crippen molar-refractivity contribution in [2.45, 2.75) is 44.0 Å². The zero-order valence-electron chi connectivity index (χ0n) is 16.3. The van der Waals surface area contributed by atoms with Gasteiger partial charge in [-0.2, -0.15) is 0 Å². The van der Waals surface area contributed by atoms with Gasteiger partial charge in [-0.25, -0.2) is 4.68 Å². The van der Waals surface area contributed by atoms with Crippen LogP contribution in [0, 0.1) is 0 Å². The number of aromatic nitrogens is 3. The minimum Gasteiger partial charge on any atom is -0.494 e. The van der Waals surface area contributed by atoms with E-state index in [4.69, 9.17) is 10.6 Å². The van der Waals surface area contributed by atoms with Crippen molar-refractivity contribution in [3.63, 3.8) is 0 Å². The fourth-order valence-electron chi connectivity index (χ4n) is 2.69. The molecular weight excluding hydrogens is 356 g/mol. The summed E-state index contributed by atoms with van der Waals surface area (Å²) in [5.41, 5.74) is 3.64. The average Bonchev–Trinajstić information content (AvgIpc) is 3.01.